The SMILES string of the molecule is O=C(Nc1ccccc1Sc1ccccc1)c1ccccc1OCc1ccccc1. The molecule has 0 saturated heterocycles. The third kappa shape index (κ3) is 5.10. The molecule has 4 aromatic carbocycles. The van der Waals surface area contributed by atoms with Gasteiger partial charge in [0.15, 0.2) is 0 Å². The van der Waals surface area contributed by atoms with Gasteiger partial charge in [-0.25, -0.2) is 0 Å². The summed E-state index contributed by atoms with van der Waals surface area (Å²) in [5, 5.41) is 3.05. The Kier molecular flexibility index (Phi) is 6.47. The molecule has 0 spiro atoms. The van der Waals surface area contributed by atoms with Crippen LogP contribution in [0.2, 0.25) is 0 Å². The van der Waals surface area contributed by atoms with Crippen LogP contribution in [0.1, 0.15) is 15.9 Å². The molecule has 0 aliphatic carbocycles. The topological polar surface area (TPSA) is 38.3 Å². The Morgan fingerprint density at radius 3 is 2.17 bits per heavy atom. The van der Waals surface area contributed by atoms with E-state index in [1.165, 1.54) is 0 Å². The Bertz CT molecular complexity index is 1110. The van der Waals surface area contributed by atoms with Gasteiger partial charge in [0.05, 0.1) is 11.3 Å². The lowest BCUT2D eigenvalue weighted by Gasteiger charge is -2.14. The molecule has 148 valence electrons. The molecule has 0 radical (unpaired) electrons. The van der Waals surface area contributed by atoms with Gasteiger partial charge >= 0.3 is 0 Å². The van der Waals surface area contributed by atoms with Crippen LogP contribution in [0.3, 0.4) is 0 Å². The fourth-order valence-corrected chi connectivity index (χ4v) is 3.90. The molecule has 0 fully saturated rings. The van der Waals surface area contributed by atoms with Crippen molar-refractivity contribution in [1.29, 1.82) is 0 Å². The summed E-state index contributed by atoms with van der Waals surface area (Å²) in [6.45, 7) is 0.408. The third-order valence-electron chi connectivity index (χ3n) is 4.48. The molecule has 0 unspecified atom stereocenters. The van der Waals surface area contributed by atoms with Crippen LogP contribution in [0, 0.1) is 0 Å². The minimum Gasteiger partial charge on any atom is -0.488 e. The summed E-state index contributed by atoms with van der Waals surface area (Å²) < 4.78 is 5.94. The van der Waals surface area contributed by atoms with Crippen molar-refractivity contribution in [3.63, 3.8) is 0 Å². The third-order valence-corrected chi connectivity index (χ3v) is 5.56. The molecular weight excluding hydrogens is 390 g/mol. The van der Waals surface area contributed by atoms with E-state index in [1.807, 2.05) is 91.0 Å². The highest BCUT2D eigenvalue weighted by Crippen LogP contribution is 2.33. The van der Waals surface area contributed by atoms with E-state index in [4.69, 9.17) is 4.74 Å². The van der Waals surface area contributed by atoms with Crippen molar-refractivity contribution in [2.24, 2.45) is 0 Å². The van der Waals surface area contributed by atoms with Crippen molar-refractivity contribution in [2.75, 3.05) is 5.32 Å². The van der Waals surface area contributed by atoms with E-state index in [0.29, 0.717) is 17.9 Å². The number of para-hydroxylation sites is 2. The van der Waals surface area contributed by atoms with Gasteiger partial charge in [-0.2, -0.15) is 0 Å². The van der Waals surface area contributed by atoms with Gasteiger partial charge < -0.3 is 10.1 Å². The van der Waals surface area contributed by atoms with Crippen LogP contribution in [0.25, 0.3) is 0 Å². The molecule has 0 heterocycles. The summed E-state index contributed by atoms with van der Waals surface area (Å²) in [4.78, 5) is 15.2. The molecule has 4 heteroatoms. The second-order valence-electron chi connectivity index (χ2n) is 6.64. The lowest BCUT2D eigenvalue weighted by molar-refractivity contribution is 0.102. The monoisotopic (exact) mass is 411 g/mol. The average Bonchev–Trinajstić information content (AvgIpc) is 2.80. The van der Waals surface area contributed by atoms with Crippen molar-refractivity contribution in [2.45, 2.75) is 16.4 Å². The van der Waals surface area contributed by atoms with Gasteiger partial charge in [-0.1, -0.05) is 84.6 Å². The van der Waals surface area contributed by atoms with Crippen LogP contribution in [-0.2, 0) is 6.61 Å². The summed E-state index contributed by atoms with van der Waals surface area (Å²) in [6.07, 6.45) is 0. The number of amides is 1. The van der Waals surface area contributed by atoms with Gasteiger partial charge in [-0.05, 0) is 42.0 Å². The fraction of sp³-hybridized carbons (Fsp3) is 0.0385. The largest absolute Gasteiger partial charge is 0.488 e. The molecule has 4 rings (SSSR count). The Morgan fingerprint density at radius 1 is 0.733 bits per heavy atom. The zero-order valence-corrected chi connectivity index (χ0v) is 17.1. The maximum Gasteiger partial charge on any atom is 0.259 e. The van der Waals surface area contributed by atoms with Crippen molar-refractivity contribution >= 4 is 23.4 Å². The molecule has 0 aliphatic rings. The van der Waals surface area contributed by atoms with Crippen LogP contribution >= 0.6 is 11.8 Å². The molecule has 3 nitrogen and oxygen atoms in total. The Labute approximate surface area is 180 Å². The normalized spacial score (nSPS) is 10.4. The molecule has 1 N–H and O–H groups in total. The van der Waals surface area contributed by atoms with Gasteiger partial charge in [0.1, 0.15) is 12.4 Å². The molecule has 4 aromatic rings. The molecular formula is C26H21NO2S. The first-order chi connectivity index (χ1) is 14.8. The Morgan fingerprint density at radius 2 is 1.37 bits per heavy atom. The van der Waals surface area contributed by atoms with Crippen LogP contribution in [0.15, 0.2) is 119 Å². The van der Waals surface area contributed by atoms with Crippen molar-refractivity contribution in [3.05, 3.63) is 120 Å². The van der Waals surface area contributed by atoms with Gasteiger partial charge in [0.2, 0.25) is 0 Å². The Hall–Kier alpha value is -3.50. The van der Waals surface area contributed by atoms with Crippen molar-refractivity contribution < 1.29 is 9.53 Å². The number of carbonyl (C=O) groups excluding carboxylic acids is 1. The molecule has 0 saturated carbocycles. The summed E-state index contributed by atoms with van der Waals surface area (Å²) in [5.41, 5.74) is 2.33. The number of hydrogen-bond donors (Lipinski definition) is 1. The predicted octanol–water partition coefficient (Wildman–Crippen LogP) is 6.67. The summed E-state index contributed by atoms with van der Waals surface area (Å²) >= 11 is 1.62. The summed E-state index contributed by atoms with van der Waals surface area (Å²) in [5.74, 6) is 0.367. The van der Waals surface area contributed by atoms with Gasteiger partial charge in [-0.3, -0.25) is 4.79 Å². The standard InChI is InChI=1S/C26H21NO2S/c28-26(22-15-7-9-17-24(22)29-19-20-11-3-1-4-12-20)27-23-16-8-10-18-25(23)30-21-13-5-2-6-14-21/h1-18H,19H2,(H,27,28). The van der Waals surface area contributed by atoms with Gasteiger partial charge in [-0.15, -0.1) is 0 Å². The number of hydrogen-bond acceptors (Lipinski definition) is 3. The van der Waals surface area contributed by atoms with E-state index in [2.05, 4.69) is 17.4 Å². The van der Waals surface area contributed by atoms with E-state index in [9.17, 15) is 4.79 Å². The zero-order valence-electron chi connectivity index (χ0n) is 16.3. The number of rotatable bonds is 7. The molecule has 1 amide bonds. The first kappa shape index (κ1) is 19.8. The number of carbonyl (C=O) groups is 1. The molecule has 0 aliphatic heterocycles. The van der Waals surface area contributed by atoms with Crippen LogP contribution in [0.4, 0.5) is 5.69 Å². The van der Waals surface area contributed by atoms with Gasteiger partial charge in [0, 0.05) is 9.79 Å². The van der Waals surface area contributed by atoms with E-state index >= 15 is 0 Å². The lowest BCUT2D eigenvalue weighted by Crippen LogP contribution is -2.14. The quantitative estimate of drug-likeness (QED) is 0.369. The number of benzene rings is 4. The molecule has 0 bridgehead atoms. The van der Waals surface area contributed by atoms with Crippen LogP contribution < -0.4 is 10.1 Å². The van der Waals surface area contributed by atoms with E-state index in [1.54, 1.807) is 17.8 Å². The van der Waals surface area contributed by atoms with Crippen molar-refractivity contribution in [1.82, 2.24) is 0 Å². The molecule has 30 heavy (non-hydrogen) atoms. The first-order valence-electron chi connectivity index (χ1n) is 9.68. The van der Waals surface area contributed by atoms with E-state index in [0.717, 1.165) is 21.0 Å². The zero-order chi connectivity index (χ0) is 20.6. The second kappa shape index (κ2) is 9.81. The minimum atomic E-state index is -0.195. The summed E-state index contributed by atoms with van der Waals surface area (Å²) in [6, 6.07) is 35.1. The minimum absolute atomic E-state index is 0.195. The highest BCUT2D eigenvalue weighted by atomic mass is 32.2. The number of anilines is 1. The van der Waals surface area contributed by atoms with E-state index < -0.39 is 0 Å². The number of ether oxygens (including phenoxy) is 1. The molecule has 0 atom stereocenters. The van der Waals surface area contributed by atoms with E-state index in [-0.39, 0.29) is 5.91 Å². The average molecular weight is 412 g/mol. The van der Waals surface area contributed by atoms with Gasteiger partial charge in [0.25, 0.3) is 5.91 Å². The smallest absolute Gasteiger partial charge is 0.259 e. The van der Waals surface area contributed by atoms with Crippen LogP contribution in [0.5, 0.6) is 5.75 Å². The highest BCUT2D eigenvalue weighted by Gasteiger charge is 2.14. The Balaban J connectivity index is 1.51. The maximum absolute atomic E-state index is 13.1. The molecule has 0 aromatic heterocycles. The highest BCUT2D eigenvalue weighted by molar-refractivity contribution is 7.99. The maximum atomic E-state index is 13.1. The first-order valence-corrected chi connectivity index (χ1v) is 10.5. The summed E-state index contributed by atoms with van der Waals surface area (Å²) in [7, 11) is 0. The van der Waals surface area contributed by atoms with Crippen LogP contribution in [-0.4, -0.2) is 5.91 Å². The lowest BCUT2D eigenvalue weighted by atomic mass is 10.1. The second-order valence-corrected chi connectivity index (χ2v) is 7.75. The fourth-order valence-electron chi connectivity index (χ4n) is 2.98. The van der Waals surface area contributed by atoms with Crippen molar-refractivity contribution in [3.8, 4) is 5.75 Å². The number of nitrogens with one attached hydrogen (secondary N) is 1. The predicted molar refractivity (Wildman–Crippen MR) is 122 cm³/mol.